The smallest absolute Gasteiger partial charge is 0.324 e. The topological polar surface area (TPSA) is 62.5 Å². The van der Waals surface area contributed by atoms with E-state index in [2.05, 4.69) is 20.9 Å². The minimum Gasteiger partial charge on any atom is -0.397 e. The average Bonchev–Trinajstić information content (AvgIpc) is 2.81. The van der Waals surface area contributed by atoms with Gasteiger partial charge in [0.1, 0.15) is 0 Å². The Hall–Kier alpha value is -2.08. The fourth-order valence-corrected chi connectivity index (χ4v) is 2.86. The van der Waals surface area contributed by atoms with Crippen LogP contribution in [0.5, 0.6) is 0 Å². The summed E-state index contributed by atoms with van der Waals surface area (Å²) in [5.74, 6) is 0. The van der Waals surface area contributed by atoms with Gasteiger partial charge in [-0.2, -0.15) is 0 Å². The van der Waals surface area contributed by atoms with E-state index in [9.17, 15) is 4.79 Å². The van der Waals surface area contributed by atoms with Crippen LogP contribution in [0.4, 0.5) is 16.2 Å². The van der Waals surface area contributed by atoms with Gasteiger partial charge in [0.2, 0.25) is 0 Å². The van der Waals surface area contributed by atoms with Gasteiger partial charge in [-0.1, -0.05) is 12.1 Å². The third-order valence-corrected chi connectivity index (χ3v) is 3.89. The summed E-state index contributed by atoms with van der Waals surface area (Å²) in [6.45, 7) is 1.88. The number of hydrogen-bond donors (Lipinski definition) is 1. The molecule has 0 unspecified atom stereocenters. The summed E-state index contributed by atoms with van der Waals surface area (Å²) in [5.41, 5.74) is 8.35. The van der Waals surface area contributed by atoms with Crippen LogP contribution in [0.25, 0.3) is 0 Å². The number of para-hydroxylation sites is 2. The van der Waals surface area contributed by atoms with E-state index in [1.54, 1.807) is 22.2 Å². The van der Waals surface area contributed by atoms with Crippen molar-refractivity contribution < 1.29 is 4.79 Å². The molecule has 1 aromatic carbocycles. The number of carbonyl (C=O) groups is 1. The molecule has 0 bridgehead atoms. The molecule has 108 valence electrons. The number of rotatable bonds is 3. The molecule has 1 aliphatic rings. The summed E-state index contributed by atoms with van der Waals surface area (Å²) in [4.78, 5) is 20.2. The first kappa shape index (κ1) is 13.9. The van der Waals surface area contributed by atoms with Crippen molar-refractivity contribution >= 4 is 33.3 Å². The highest BCUT2D eigenvalue weighted by atomic mass is 79.9. The van der Waals surface area contributed by atoms with Crippen LogP contribution in [0.3, 0.4) is 0 Å². The van der Waals surface area contributed by atoms with Gasteiger partial charge in [-0.05, 0) is 39.7 Å². The lowest BCUT2D eigenvalue weighted by molar-refractivity contribution is 0.218. The second-order valence-corrected chi connectivity index (χ2v) is 5.84. The quantitative estimate of drug-likeness (QED) is 0.869. The molecule has 2 heterocycles. The number of nitrogens with zero attached hydrogens (tertiary/aromatic N) is 3. The third kappa shape index (κ3) is 2.85. The lowest BCUT2D eigenvalue weighted by Crippen LogP contribution is -2.31. The van der Waals surface area contributed by atoms with Crippen molar-refractivity contribution in [3.05, 3.63) is 52.8 Å². The van der Waals surface area contributed by atoms with Crippen molar-refractivity contribution in [1.29, 1.82) is 0 Å². The molecular weight excluding hydrogens is 332 g/mol. The number of amides is 2. The van der Waals surface area contributed by atoms with Crippen molar-refractivity contribution in [2.45, 2.75) is 6.54 Å². The second-order valence-electron chi connectivity index (χ2n) is 4.93. The van der Waals surface area contributed by atoms with Crippen molar-refractivity contribution in [2.75, 3.05) is 23.7 Å². The first-order chi connectivity index (χ1) is 10.1. The van der Waals surface area contributed by atoms with Gasteiger partial charge in [0.15, 0.2) is 0 Å². The first-order valence-corrected chi connectivity index (χ1v) is 7.45. The van der Waals surface area contributed by atoms with E-state index in [-0.39, 0.29) is 6.03 Å². The number of aromatic nitrogens is 1. The molecule has 21 heavy (non-hydrogen) atoms. The Labute approximate surface area is 131 Å². The Balaban J connectivity index is 1.76. The van der Waals surface area contributed by atoms with Crippen molar-refractivity contribution in [1.82, 2.24) is 9.88 Å². The molecular formula is C15H15BrN4O. The first-order valence-electron chi connectivity index (χ1n) is 6.65. The molecule has 1 saturated heterocycles. The van der Waals surface area contributed by atoms with Crippen LogP contribution in [0, 0.1) is 0 Å². The Bertz CT molecular complexity index is 676. The van der Waals surface area contributed by atoms with E-state index >= 15 is 0 Å². The number of pyridine rings is 1. The molecule has 1 fully saturated rings. The molecule has 2 N–H and O–H groups in total. The van der Waals surface area contributed by atoms with Crippen molar-refractivity contribution in [2.24, 2.45) is 0 Å². The van der Waals surface area contributed by atoms with Gasteiger partial charge in [0.05, 0.1) is 11.4 Å². The fraction of sp³-hybridized carbons (Fsp3) is 0.200. The summed E-state index contributed by atoms with van der Waals surface area (Å²) in [6, 6.07) is 9.39. The number of carbonyl (C=O) groups excluding carboxylic acids is 1. The molecule has 0 atom stereocenters. The van der Waals surface area contributed by atoms with Gasteiger partial charge in [-0.3, -0.25) is 9.88 Å². The van der Waals surface area contributed by atoms with E-state index in [4.69, 9.17) is 5.73 Å². The highest BCUT2D eigenvalue weighted by molar-refractivity contribution is 9.10. The normalized spacial score (nSPS) is 14.8. The van der Waals surface area contributed by atoms with Crippen LogP contribution in [0.15, 0.2) is 47.2 Å². The predicted octanol–water partition coefficient (Wildman–Crippen LogP) is 2.87. The van der Waals surface area contributed by atoms with E-state index in [1.165, 1.54) is 0 Å². The number of urea groups is 1. The molecule has 1 aromatic heterocycles. The molecule has 0 spiro atoms. The maximum absolute atomic E-state index is 12.5. The van der Waals surface area contributed by atoms with Gasteiger partial charge in [0, 0.05) is 36.5 Å². The summed E-state index contributed by atoms with van der Waals surface area (Å²) in [6.07, 6.45) is 3.50. The van der Waals surface area contributed by atoms with E-state index in [1.807, 2.05) is 30.3 Å². The minimum absolute atomic E-state index is 0.0205. The molecule has 0 radical (unpaired) electrons. The summed E-state index contributed by atoms with van der Waals surface area (Å²) in [7, 11) is 0. The number of benzene rings is 1. The molecule has 6 heteroatoms. The monoisotopic (exact) mass is 346 g/mol. The van der Waals surface area contributed by atoms with E-state index in [0.717, 1.165) is 15.7 Å². The molecule has 3 rings (SSSR count). The van der Waals surface area contributed by atoms with Crippen LogP contribution in [-0.4, -0.2) is 29.0 Å². The molecule has 2 aromatic rings. The summed E-state index contributed by atoms with van der Waals surface area (Å²) < 4.78 is 0.913. The molecule has 0 aliphatic carbocycles. The van der Waals surface area contributed by atoms with Crippen LogP contribution < -0.4 is 10.6 Å². The van der Waals surface area contributed by atoms with Crippen LogP contribution in [-0.2, 0) is 6.54 Å². The Kier molecular flexibility index (Phi) is 3.79. The largest absolute Gasteiger partial charge is 0.397 e. The minimum atomic E-state index is -0.0205. The Morgan fingerprint density at radius 2 is 2.05 bits per heavy atom. The molecule has 5 nitrogen and oxygen atoms in total. The van der Waals surface area contributed by atoms with E-state index < -0.39 is 0 Å². The Morgan fingerprint density at radius 1 is 1.24 bits per heavy atom. The van der Waals surface area contributed by atoms with Gasteiger partial charge < -0.3 is 10.6 Å². The molecule has 0 saturated carbocycles. The zero-order valence-electron chi connectivity index (χ0n) is 11.4. The van der Waals surface area contributed by atoms with Gasteiger partial charge in [-0.15, -0.1) is 0 Å². The zero-order valence-corrected chi connectivity index (χ0v) is 13.0. The molecule has 1 aliphatic heterocycles. The molecule has 2 amide bonds. The number of nitrogens with two attached hydrogens (primary N) is 1. The highest BCUT2D eigenvalue weighted by Gasteiger charge is 2.30. The standard InChI is InChI=1S/C15H15BrN4O/c16-12-7-11(8-18-9-12)10-19-5-6-20(15(19)21)14-4-2-1-3-13(14)17/h1-4,7-9H,5-6,10,17H2. The van der Waals surface area contributed by atoms with Crippen LogP contribution in [0.1, 0.15) is 5.56 Å². The lowest BCUT2D eigenvalue weighted by atomic mass is 10.2. The summed E-state index contributed by atoms with van der Waals surface area (Å²) >= 11 is 3.39. The number of halogens is 1. The van der Waals surface area contributed by atoms with Gasteiger partial charge >= 0.3 is 6.03 Å². The summed E-state index contributed by atoms with van der Waals surface area (Å²) in [5, 5.41) is 0. The highest BCUT2D eigenvalue weighted by Crippen LogP contribution is 2.27. The maximum atomic E-state index is 12.5. The van der Waals surface area contributed by atoms with Crippen molar-refractivity contribution in [3.8, 4) is 0 Å². The van der Waals surface area contributed by atoms with E-state index in [0.29, 0.717) is 25.3 Å². The lowest BCUT2D eigenvalue weighted by Gasteiger charge is -2.20. The number of nitrogen functional groups attached to an aromatic ring is 1. The fourth-order valence-electron chi connectivity index (χ4n) is 2.45. The second kappa shape index (κ2) is 5.73. The van der Waals surface area contributed by atoms with Crippen LogP contribution in [0.2, 0.25) is 0 Å². The maximum Gasteiger partial charge on any atom is 0.324 e. The predicted molar refractivity (Wildman–Crippen MR) is 85.9 cm³/mol. The zero-order chi connectivity index (χ0) is 14.8. The third-order valence-electron chi connectivity index (χ3n) is 3.46. The van der Waals surface area contributed by atoms with Crippen molar-refractivity contribution in [3.63, 3.8) is 0 Å². The van der Waals surface area contributed by atoms with Gasteiger partial charge in [0.25, 0.3) is 0 Å². The SMILES string of the molecule is Nc1ccccc1N1CCN(Cc2cncc(Br)c2)C1=O. The average molecular weight is 347 g/mol. The number of hydrogen-bond acceptors (Lipinski definition) is 3. The Morgan fingerprint density at radius 3 is 2.81 bits per heavy atom. The van der Waals surface area contributed by atoms with Crippen LogP contribution >= 0.6 is 15.9 Å². The van der Waals surface area contributed by atoms with Gasteiger partial charge in [-0.25, -0.2) is 4.79 Å². The number of anilines is 2.